The second-order valence-corrected chi connectivity index (χ2v) is 3.82. The maximum atomic E-state index is 10.5. The Morgan fingerprint density at radius 3 is 2.57 bits per heavy atom. The number of carbonyl (C=O) groups is 1. The smallest absolute Gasteiger partial charge is 0.405 e. The Labute approximate surface area is 83.5 Å². The van der Waals surface area contributed by atoms with E-state index in [4.69, 9.17) is 10.2 Å². The highest BCUT2D eigenvalue weighted by Gasteiger charge is 2.37. The van der Waals surface area contributed by atoms with Gasteiger partial charge >= 0.3 is 6.09 Å². The summed E-state index contributed by atoms with van der Waals surface area (Å²) in [5.74, 6) is 0. The maximum absolute atomic E-state index is 10.5. The van der Waals surface area contributed by atoms with Crippen LogP contribution < -0.4 is 10.6 Å². The van der Waals surface area contributed by atoms with Crippen molar-refractivity contribution in [2.24, 2.45) is 0 Å². The third-order valence-corrected chi connectivity index (χ3v) is 2.66. The third-order valence-electron chi connectivity index (χ3n) is 2.66. The number of hydrogen-bond acceptors (Lipinski definition) is 3. The van der Waals surface area contributed by atoms with Gasteiger partial charge in [-0.05, 0) is 32.2 Å². The fourth-order valence-corrected chi connectivity index (χ4v) is 1.71. The fraction of sp³-hybridized carbons (Fsp3) is 0.889. The lowest BCUT2D eigenvalue weighted by atomic mass is 9.77. The van der Waals surface area contributed by atoms with Gasteiger partial charge in [-0.1, -0.05) is 0 Å². The van der Waals surface area contributed by atoms with Crippen LogP contribution in [0.2, 0.25) is 0 Å². The predicted molar refractivity (Wildman–Crippen MR) is 52.3 cm³/mol. The van der Waals surface area contributed by atoms with Gasteiger partial charge in [-0.15, -0.1) is 0 Å². The van der Waals surface area contributed by atoms with Gasteiger partial charge in [-0.25, -0.2) is 4.79 Å². The number of amides is 1. The lowest BCUT2D eigenvalue weighted by Crippen LogP contribution is -2.59. The summed E-state index contributed by atoms with van der Waals surface area (Å²) in [5, 5.41) is 22.9. The summed E-state index contributed by atoms with van der Waals surface area (Å²) in [7, 11) is 0. The molecule has 5 heteroatoms. The molecule has 14 heavy (non-hydrogen) atoms. The summed E-state index contributed by atoms with van der Waals surface area (Å²) in [6, 6.07) is 0. The number of nitrogens with one attached hydrogen (secondary N) is 2. The predicted octanol–water partition coefficient (Wildman–Crippen LogP) is 0.149. The van der Waals surface area contributed by atoms with E-state index in [2.05, 4.69) is 10.6 Å². The molecule has 1 saturated carbocycles. The van der Waals surface area contributed by atoms with E-state index in [0.717, 1.165) is 25.8 Å². The zero-order chi connectivity index (χ0) is 10.4. The maximum Gasteiger partial charge on any atom is 0.405 e. The summed E-state index contributed by atoms with van der Waals surface area (Å²) in [5.41, 5.74) is -0.249. The first-order chi connectivity index (χ1) is 6.68. The quantitative estimate of drug-likeness (QED) is 0.462. The van der Waals surface area contributed by atoms with E-state index in [0.29, 0.717) is 13.0 Å². The second-order valence-electron chi connectivity index (χ2n) is 3.82. The van der Waals surface area contributed by atoms with Crippen LogP contribution >= 0.6 is 0 Å². The minimum Gasteiger partial charge on any atom is -0.465 e. The highest BCUT2D eigenvalue weighted by molar-refractivity contribution is 5.65. The van der Waals surface area contributed by atoms with Crippen LogP contribution in [0.3, 0.4) is 0 Å². The zero-order valence-corrected chi connectivity index (χ0v) is 8.25. The molecule has 1 aliphatic rings. The first-order valence-corrected chi connectivity index (χ1v) is 5.01. The lowest BCUT2D eigenvalue weighted by Gasteiger charge is -2.41. The Morgan fingerprint density at radius 1 is 1.43 bits per heavy atom. The van der Waals surface area contributed by atoms with Crippen LogP contribution in [0.1, 0.15) is 25.7 Å². The zero-order valence-electron chi connectivity index (χ0n) is 8.25. The molecule has 5 nitrogen and oxygen atoms in total. The molecule has 0 radical (unpaired) electrons. The van der Waals surface area contributed by atoms with E-state index in [1.165, 1.54) is 0 Å². The summed E-state index contributed by atoms with van der Waals surface area (Å²) >= 11 is 0. The van der Waals surface area contributed by atoms with Crippen molar-refractivity contribution in [3.63, 3.8) is 0 Å². The molecule has 0 atom stereocenters. The average Bonchev–Trinajstić information content (AvgIpc) is 2.07. The van der Waals surface area contributed by atoms with Crippen molar-refractivity contribution < 1.29 is 15.0 Å². The second kappa shape index (κ2) is 5.17. The molecular weight excluding hydrogens is 184 g/mol. The molecule has 0 unspecified atom stereocenters. The van der Waals surface area contributed by atoms with Crippen LogP contribution in [0, 0.1) is 0 Å². The molecule has 0 aromatic heterocycles. The molecule has 4 N–H and O–H groups in total. The largest absolute Gasteiger partial charge is 0.465 e. The molecule has 82 valence electrons. The van der Waals surface area contributed by atoms with E-state index in [9.17, 15) is 4.79 Å². The van der Waals surface area contributed by atoms with Crippen molar-refractivity contribution in [2.45, 2.75) is 31.2 Å². The topological polar surface area (TPSA) is 81.6 Å². The third kappa shape index (κ3) is 3.16. The summed E-state index contributed by atoms with van der Waals surface area (Å²) in [4.78, 5) is 10.5. The van der Waals surface area contributed by atoms with Crippen LogP contribution in [-0.4, -0.2) is 41.5 Å². The minimum atomic E-state index is -0.950. The number of carboxylic acid groups (broad SMARTS) is 1. The van der Waals surface area contributed by atoms with Gasteiger partial charge in [0.1, 0.15) is 0 Å². The molecule has 1 amide bonds. The van der Waals surface area contributed by atoms with Gasteiger partial charge in [-0.2, -0.15) is 0 Å². The summed E-state index contributed by atoms with van der Waals surface area (Å²) in [6.45, 7) is 1.57. The standard InChI is InChI=1S/C9H18N2O3/c12-6-2-5-10-7-9(3-1-4-9)11-8(13)14/h10-12H,1-7H2,(H,13,14). The molecule has 0 heterocycles. The Hall–Kier alpha value is -0.810. The van der Waals surface area contributed by atoms with Crippen molar-refractivity contribution in [1.82, 2.24) is 10.6 Å². The molecule has 0 bridgehead atoms. The Bertz CT molecular complexity index is 192. The van der Waals surface area contributed by atoms with Gasteiger partial charge < -0.3 is 20.8 Å². The Balaban J connectivity index is 2.20. The molecule has 0 saturated heterocycles. The van der Waals surface area contributed by atoms with Crippen LogP contribution in [0.4, 0.5) is 4.79 Å². The van der Waals surface area contributed by atoms with Crippen molar-refractivity contribution in [3.05, 3.63) is 0 Å². The first-order valence-electron chi connectivity index (χ1n) is 5.01. The van der Waals surface area contributed by atoms with Gasteiger partial charge in [0.25, 0.3) is 0 Å². The van der Waals surface area contributed by atoms with Gasteiger partial charge in [-0.3, -0.25) is 0 Å². The molecular formula is C9H18N2O3. The highest BCUT2D eigenvalue weighted by atomic mass is 16.4. The SMILES string of the molecule is O=C(O)NC1(CNCCCO)CCC1. The summed E-state index contributed by atoms with van der Waals surface area (Å²) in [6.07, 6.45) is 2.66. The lowest BCUT2D eigenvalue weighted by molar-refractivity contribution is 0.142. The molecule has 0 spiro atoms. The number of aliphatic hydroxyl groups excluding tert-OH is 1. The Morgan fingerprint density at radius 2 is 2.14 bits per heavy atom. The molecule has 0 aromatic rings. The van der Waals surface area contributed by atoms with Crippen LogP contribution in [-0.2, 0) is 0 Å². The number of hydrogen-bond donors (Lipinski definition) is 4. The summed E-state index contributed by atoms with van der Waals surface area (Å²) < 4.78 is 0. The van der Waals surface area contributed by atoms with Crippen molar-refractivity contribution >= 4 is 6.09 Å². The van der Waals surface area contributed by atoms with E-state index in [1.807, 2.05) is 0 Å². The number of aliphatic hydroxyl groups is 1. The van der Waals surface area contributed by atoms with E-state index < -0.39 is 6.09 Å². The van der Waals surface area contributed by atoms with Gasteiger partial charge in [0.15, 0.2) is 0 Å². The van der Waals surface area contributed by atoms with E-state index in [-0.39, 0.29) is 12.1 Å². The average molecular weight is 202 g/mol. The van der Waals surface area contributed by atoms with E-state index >= 15 is 0 Å². The first kappa shape index (κ1) is 11.3. The van der Waals surface area contributed by atoms with Crippen LogP contribution in [0.15, 0.2) is 0 Å². The normalized spacial score (nSPS) is 18.6. The highest BCUT2D eigenvalue weighted by Crippen LogP contribution is 2.30. The van der Waals surface area contributed by atoms with Gasteiger partial charge in [0.05, 0.1) is 5.54 Å². The van der Waals surface area contributed by atoms with Gasteiger partial charge in [0.2, 0.25) is 0 Å². The van der Waals surface area contributed by atoms with Crippen molar-refractivity contribution in [1.29, 1.82) is 0 Å². The molecule has 1 rings (SSSR count). The molecule has 0 aliphatic heterocycles. The minimum absolute atomic E-state index is 0.173. The van der Waals surface area contributed by atoms with Gasteiger partial charge in [0, 0.05) is 13.2 Å². The van der Waals surface area contributed by atoms with Crippen LogP contribution in [0.5, 0.6) is 0 Å². The fourth-order valence-electron chi connectivity index (χ4n) is 1.71. The van der Waals surface area contributed by atoms with Crippen molar-refractivity contribution in [2.75, 3.05) is 19.7 Å². The number of rotatable bonds is 6. The monoisotopic (exact) mass is 202 g/mol. The Kier molecular flexibility index (Phi) is 4.16. The molecule has 0 aromatic carbocycles. The van der Waals surface area contributed by atoms with Crippen molar-refractivity contribution in [3.8, 4) is 0 Å². The van der Waals surface area contributed by atoms with Crippen LogP contribution in [0.25, 0.3) is 0 Å². The van der Waals surface area contributed by atoms with E-state index in [1.54, 1.807) is 0 Å². The molecule has 1 fully saturated rings. The molecule has 1 aliphatic carbocycles.